The molecule has 5 rings (SSSR count). The molecule has 9 atom stereocenters. The molecule has 4 aromatic rings. The van der Waals surface area contributed by atoms with Crippen LogP contribution in [0.4, 0.5) is 32.2 Å². The van der Waals surface area contributed by atoms with Crippen molar-refractivity contribution in [2.24, 2.45) is 0 Å². The van der Waals surface area contributed by atoms with Crippen LogP contribution in [0.2, 0.25) is 0 Å². The summed E-state index contributed by atoms with van der Waals surface area (Å²) in [4.78, 5) is 59.4. The minimum absolute atomic E-state index is 0.00720. The number of aliphatic hydroxyl groups excluding tert-OH is 10. The zero-order valence-electron chi connectivity index (χ0n) is 37.6. The van der Waals surface area contributed by atoms with E-state index >= 15 is 0 Å². The number of halogens is 6. The van der Waals surface area contributed by atoms with Crippen molar-refractivity contribution in [3.8, 4) is 0 Å². The second-order valence-electron chi connectivity index (χ2n) is 15.8. The van der Waals surface area contributed by atoms with Gasteiger partial charge in [0.1, 0.15) is 54.7 Å². The molecule has 25 nitrogen and oxygen atoms in total. The summed E-state index contributed by atoms with van der Waals surface area (Å²) in [5, 5.41) is 120. The Hall–Kier alpha value is -5.87. The van der Waals surface area contributed by atoms with Crippen LogP contribution in [0, 0.1) is 0 Å². The topological polar surface area (TPSA) is 409 Å². The first-order valence-corrected chi connectivity index (χ1v) is 21.3. The molecule has 398 valence electrons. The van der Waals surface area contributed by atoms with Gasteiger partial charge in [0.15, 0.2) is 28.2 Å². The van der Waals surface area contributed by atoms with E-state index in [1.807, 2.05) is 29.0 Å². The number of carboxylic acids is 2. The van der Waals surface area contributed by atoms with E-state index in [2.05, 4.69) is 20.3 Å². The number of aryl methyl sites for hydroxylation is 2. The molecular formula is C40H55F6N9O16. The molecule has 3 aromatic heterocycles. The fourth-order valence-electron chi connectivity index (χ4n) is 7.32. The second kappa shape index (κ2) is 25.5. The Morgan fingerprint density at radius 3 is 1.86 bits per heavy atom. The normalized spacial score (nSPS) is 17.6. The molecule has 31 heteroatoms. The number of benzene rings is 1. The van der Waals surface area contributed by atoms with E-state index in [0.717, 1.165) is 16.9 Å². The maximum absolute atomic E-state index is 14.0. The number of aliphatic hydroxyl groups is 10. The number of aromatic nitrogens is 5. The quantitative estimate of drug-likeness (QED) is 0.0309. The summed E-state index contributed by atoms with van der Waals surface area (Å²) in [5.74, 6) is -5.87. The maximum atomic E-state index is 14.0. The van der Waals surface area contributed by atoms with Crippen molar-refractivity contribution in [2.75, 3.05) is 45.1 Å². The molecule has 2 amide bonds. The lowest BCUT2D eigenvalue weighted by molar-refractivity contribution is -0.676. The van der Waals surface area contributed by atoms with Crippen molar-refractivity contribution in [1.82, 2.24) is 34.6 Å². The van der Waals surface area contributed by atoms with Crippen molar-refractivity contribution in [3.05, 3.63) is 47.5 Å². The zero-order chi connectivity index (χ0) is 53.9. The molecule has 0 spiro atoms. The minimum Gasteiger partial charge on any atom is -0.542 e. The molecule has 15 N–H and O–H groups in total. The first kappa shape index (κ1) is 59.4. The summed E-state index contributed by atoms with van der Waals surface area (Å²) in [7, 11) is 0. The summed E-state index contributed by atoms with van der Waals surface area (Å²) >= 11 is 0. The average Bonchev–Trinajstić information content (AvgIpc) is 4.08. The van der Waals surface area contributed by atoms with E-state index < -0.39 is 111 Å². The SMILES string of the molecule is CCn1c(CNC(=O)c2nc3cc[nH]c3nc2N)[n+](CC)c2ccc(C(=O)N3CC[C@@H](N(C[C@H](O)[C@@H](O)[C@H](O)[C@H](O)CO)C[C@H](O)[C@@H](O)[C@H](O)[C@H](O)CO)C3)cc21.O=C(O)C(F)(F)F.O=C([O-])C(F)(F)F. The van der Waals surface area contributed by atoms with Crippen molar-refractivity contribution < 1.29 is 111 Å². The van der Waals surface area contributed by atoms with Crippen LogP contribution in [0.1, 0.15) is 46.9 Å². The number of nitrogens with one attached hydrogen (secondary N) is 2. The third kappa shape index (κ3) is 15.3. The first-order valence-electron chi connectivity index (χ1n) is 21.3. The number of nitrogen functional groups attached to an aromatic ring is 1. The van der Waals surface area contributed by atoms with Crippen LogP contribution in [0.15, 0.2) is 30.5 Å². The predicted molar refractivity (Wildman–Crippen MR) is 226 cm³/mol. The highest BCUT2D eigenvalue weighted by Crippen LogP contribution is 2.24. The fraction of sp³-hybridized carbons (Fsp3) is 0.575. The molecule has 0 radical (unpaired) electrons. The Labute approximate surface area is 397 Å². The number of imidazole rings is 1. The number of aliphatic carboxylic acids is 2. The minimum atomic E-state index is -5.19. The Morgan fingerprint density at radius 2 is 1.39 bits per heavy atom. The number of carboxylic acid groups (broad SMARTS) is 2. The summed E-state index contributed by atoms with van der Waals surface area (Å²) in [6, 6.07) is 6.36. The van der Waals surface area contributed by atoms with Crippen molar-refractivity contribution in [1.29, 1.82) is 0 Å². The Kier molecular flexibility index (Phi) is 21.3. The molecule has 71 heavy (non-hydrogen) atoms. The highest BCUT2D eigenvalue weighted by atomic mass is 19.4. The Bertz CT molecular complexity index is 2370. The number of fused-ring (bicyclic) bond motifs is 2. The lowest BCUT2D eigenvalue weighted by Gasteiger charge is -2.36. The Balaban J connectivity index is 0.000000829. The number of hydrogen-bond acceptors (Lipinski definition) is 19. The maximum Gasteiger partial charge on any atom is 0.490 e. The smallest absolute Gasteiger partial charge is 0.490 e. The number of nitrogens with zero attached hydrogens (tertiary/aromatic N) is 6. The van der Waals surface area contributed by atoms with Gasteiger partial charge in [0.25, 0.3) is 17.6 Å². The van der Waals surface area contributed by atoms with Crippen LogP contribution in [0.25, 0.3) is 22.2 Å². The fourth-order valence-corrected chi connectivity index (χ4v) is 7.32. The van der Waals surface area contributed by atoms with Crippen molar-refractivity contribution >= 4 is 51.8 Å². The molecule has 1 aliphatic rings. The molecular weight excluding hydrogens is 976 g/mol. The van der Waals surface area contributed by atoms with Gasteiger partial charge in [-0.1, -0.05) is 0 Å². The number of amides is 2. The lowest BCUT2D eigenvalue weighted by atomic mass is 10.00. The van der Waals surface area contributed by atoms with Gasteiger partial charge >= 0.3 is 18.3 Å². The van der Waals surface area contributed by atoms with E-state index in [4.69, 9.17) is 25.5 Å². The van der Waals surface area contributed by atoms with Gasteiger partial charge in [0.2, 0.25) is 0 Å². The number of likely N-dealkylation sites (tertiary alicyclic amines) is 1. The van der Waals surface area contributed by atoms with E-state index in [9.17, 15) is 87.0 Å². The number of nitrogens with two attached hydrogens (primary N) is 1. The van der Waals surface area contributed by atoms with Gasteiger partial charge in [-0.15, -0.1) is 0 Å². The number of hydrogen-bond donors (Lipinski definition) is 14. The van der Waals surface area contributed by atoms with Crippen LogP contribution in [0.3, 0.4) is 0 Å². The van der Waals surface area contributed by atoms with Gasteiger partial charge in [0.05, 0.1) is 38.5 Å². The number of H-pyrrole nitrogens is 1. The number of alkyl halides is 6. The number of anilines is 1. The van der Waals surface area contributed by atoms with E-state index in [1.54, 1.807) is 29.3 Å². The molecule has 1 aliphatic heterocycles. The van der Waals surface area contributed by atoms with E-state index in [0.29, 0.717) is 36.2 Å². The molecule has 4 heterocycles. The number of aromatic amines is 1. The third-order valence-corrected chi connectivity index (χ3v) is 11.0. The molecule has 1 fully saturated rings. The number of carbonyl (C=O) groups is 4. The summed E-state index contributed by atoms with van der Waals surface area (Å²) in [6.07, 6.45) is -23.1. The third-order valence-electron chi connectivity index (χ3n) is 11.0. The predicted octanol–water partition coefficient (Wildman–Crippen LogP) is -4.93. The van der Waals surface area contributed by atoms with Crippen LogP contribution >= 0.6 is 0 Å². The van der Waals surface area contributed by atoms with Crippen LogP contribution in [-0.2, 0) is 29.2 Å². The highest BCUT2D eigenvalue weighted by Gasteiger charge is 2.40. The summed E-state index contributed by atoms with van der Waals surface area (Å²) < 4.78 is 67.3. The molecule has 1 saturated heterocycles. The van der Waals surface area contributed by atoms with Crippen LogP contribution in [0.5, 0.6) is 0 Å². The molecule has 0 unspecified atom stereocenters. The van der Waals surface area contributed by atoms with Gasteiger partial charge in [-0.05, 0) is 38.5 Å². The van der Waals surface area contributed by atoms with Gasteiger partial charge < -0.3 is 87.0 Å². The van der Waals surface area contributed by atoms with Crippen LogP contribution < -0.4 is 20.7 Å². The highest BCUT2D eigenvalue weighted by molar-refractivity contribution is 5.98. The Morgan fingerprint density at radius 1 is 0.873 bits per heavy atom. The number of carbonyl (C=O) groups excluding carboxylic acids is 3. The van der Waals surface area contributed by atoms with Gasteiger partial charge in [-0.2, -0.15) is 26.3 Å². The summed E-state index contributed by atoms with van der Waals surface area (Å²) in [5.41, 5.74) is 8.89. The molecule has 0 saturated carbocycles. The van der Waals surface area contributed by atoms with Gasteiger partial charge in [0, 0.05) is 50.0 Å². The molecule has 0 bridgehead atoms. The van der Waals surface area contributed by atoms with Crippen molar-refractivity contribution in [2.45, 2.75) is 107 Å². The van der Waals surface area contributed by atoms with Crippen LogP contribution in [-0.4, -0.2) is 216 Å². The first-order chi connectivity index (χ1) is 33.0. The molecule has 1 aromatic carbocycles. The van der Waals surface area contributed by atoms with E-state index in [-0.39, 0.29) is 37.1 Å². The zero-order valence-corrected chi connectivity index (χ0v) is 37.6. The largest absolute Gasteiger partial charge is 0.542 e. The lowest BCUT2D eigenvalue weighted by Crippen LogP contribution is -2.55. The van der Waals surface area contributed by atoms with Crippen molar-refractivity contribution in [3.63, 3.8) is 0 Å². The second-order valence-corrected chi connectivity index (χ2v) is 15.8. The summed E-state index contributed by atoms with van der Waals surface area (Å²) in [6.45, 7) is 2.67. The monoisotopic (exact) mass is 1030 g/mol. The van der Waals surface area contributed by atoms with E-state index in [1.165, 1.54) is 4.90 Å². The van der Waals surface area contributed by atoms with Gasteiger partial charge in [-0.25, -0.2) is 23.9 Å². The van der Waals surface area contributed by atoms with Gasteiger partial charge in [-0.3, -0.25) is 14.5 Å². The number of rotatable bonds is 19. The standard InChI is InChI=1S/C36H53N9O12.2C2HF3O2/c1-3-44-21-6-5-18(11-22(21)45(4-2)27(44)12-39-35(56)28-33(37)41-34-20(40-28)7-9-38-34)36(57)42-10-8-19(13-42)43(14-23(48)29(52)31(54)25(50)16-46)15-24(49)30(53)32(55)26(51)17-47;2*3-2(4,5)1(6)7/h5-7,9,11,19,23-26,29-32,46-55H,3-4,8,10,12-17H2,1-2H3,(H3-,37,38,39,40,41,56);2*(H,6,7)/t19-,23+,24+,25-,26-,29-,30-,31-,32-;;/m1../s1. The average molecular weight is 1030 g/mol. The molecule has 0 aliphatic carbocycles.